The standard InChI is InChI=1S/C31H33/c1-30(2,3)26-16-14-24-12-10-22(28(24)20-18-26)8-7-9-23-11-13-25-15-17-27(31(4,5)6)19-21-29(23)25/h7,10-21H,8H2,1-6H3/q+1. The van der Waals surface area contributed by atoms with Crippen LogP contribution in [0.15, 0.2) is 78.9 Å². The predicted molar refractivity (Wildman–Crippen MR) is 134 cm³/mol. The van der Waals surface area contributed by atoms with Gasteiger partial charge in [0.25, 0.3) is 0 Å². The van der Waals surface area contributed by atoms with E-state index in [9.17, 15) is 0 Å². The summed E-state index contributed by atoms with van der Waals surface area (Å²) >= 11 is 0. The summed E-state index contributed by atoms with van der Waals surface area (Å²) in [5.41, 5.74) is 10.7. The Kier molecular flexibility index (Phi) is 5.46. The fourth-order valence-corrected chi connectivity index (χ4v) is 4.13. The van der Waals surface area contributed by atoms with Gasteiger partial charge in [0.15, 0.2) is 5.56 Å². The Balaban J connectivity index is 1.58. The zero-order chi connectivity index (χ0) is 22.2. The zero-order valence-electron chi connectivity index (χ0n) is 19.7. The van der Waals surface area contributed by atoms with E-state index in [1.165, 1.54) is 44.5 Å². The molecule has 0 atom stereocenters. The molecule has 0 N–H and O–H groups in total. The minimum Gasteiger partial charge on any atom is -0.0579 e. The molecule has 0 nitrogen and oxygen atoms in total. The zero-order valence-corrected chi connectivity index (χ0v) is 19.7. The molecule has 4 rings (SSSR count). The lowest BCUT2D eigenvalue weighted by molar-refractivity contribution is 0.590. The van der Waals surface area contributed by atoms with Crippen molar-refractivity contribution in [3.63, 3.8) is 0 Å². The van der Waals surface area contributed by atoms with Crippen molar-refractivity contribution in [3.8, 4) is 22.3 Å². The maximum atomic E-state index is 3.56. The van der Waals surface area contributed by atoms with Crippen LogP contribution in [0.4, 0.5) is 0 Å². The summed E-state index contributed by atoms with van der Waals surface area (Å²) in [5, 5.41) is 0. The van der Waals surface area contributed by atoms with Gasteiger partial charge in [-0.15, -0.1) is 0 Å². The van der Waals surface area contributed by atoms with Crippen LogP contribution in [-0.2, 0) is 17.3 Å². The average Bonchev–Trinajstić information content (AvgIpc) is 3.06. The SMILES string of the molecule is CC(C)(C)c1ccc2ccc([C+]=CCc3ccc4ccc(C(C)(C)C)ccc3-4)c-2cc1. The van der Waals surface area contributed by atoms with E-state index in [1.54, 1.807) is 0 Å². The first-order chi connectivity index (χ1) is 14.6. The lowest BCUT2D eigenvalue weighted by atomic mass is 9.88. The van der Waals surface area contributed by atoms with Crippen LogP contribution in [0, 0.1) is 6.08 Å². The Bertz CT molecular complexity index is 1160. The van der Waals surface area contributed by atoms with Crippen molar-refractivity contribution in [1.82, 2.24) is 0 Å². The molecule has 0 aliphatic heterocycles. The predicted octanol–water partition coefficient (Wildman–Crippen LogP) is 8.44. The summed E-state index contributed by atoms with van der Waals surface area (Å²) in [5.74, 6) is 0. The molecule has 4 aliphatic rings. The lowest BCUT2D eigenvalue weighted by Crippen LogP contribution is -2.09. The Morgan fingerprint density at radius 2 is 1.06 bits per heavy atom. The van der Waals surface area contributed by atoms with Gasteiger partial charge in [0.1, 0.15) is 5.56 Å². The summed E-state index contributed by atoms with van der Waals surface area (Å²) < 4.78 is 0. The summed E-state index contributed by atoms with van der Waals surface area (Å²) in [7, 11) is 0. The highest BCUT2D eigenvalue weighted by Gasteiger charge is 2.19. The largest absolute Gasteiger partial charge is 0.196 e. The van der Waals surface area contributed by atoms with Crippen LogP contribution in [0.2, 0.25) is 0 Å². The smallest absolute Gasteiger partial charge is 0.0579 e. The molecule has 0 fully saturated rings. The lowest BCUT2D eigenvalue weighted by Gasteiger charge is -2.17. The van der Waals surface area contributed by atoms with Gasteiger partial charge in [-0.05, 0) is 50.8 Å². The van der Waals surface area contributed by atoms with E-state index < -0.39 is 0 Å². The minimum absolute atomic E-state index is 0.151. The molecule has 0 radical (unpaired) electrons. The Hall–Kier alpha value is -2.95. The Morgan fingerprint density at radius 3 is 1.68 bits per heavy atom. The molecule has 0 saturated heterocycles. The van der Waals surface area contributed by atoms with Crippen LogP contribution in [0.3, 0.4) is 0 Å². The van der Waals surface area contributed by atoms with E-state index in [0.29, 0.717) is 0 Å². The second kappa shape index (κ2) is 7.95. The second-order valence-corrected chi connectivity index (χ2v) is 10.6. The van der Waals surface area contributed by atoms with Gasteiger partial charge in [-0.3, -0.25) is 0 Å². The normalized spacial score (nSPS) is 12.6. The molecule has 31 heavy (non-hydrogen) atoms. The highest BCUT2D eigenvalue weighted by atomic mass is 14.2. The first-order valence-corrected chi connectivity index (χ1v) is 11.3. The Labute approximate surface area is 188 Å². The average molecular weight is 406 g/mol. The summed E-state index contributed by atoms with van der Waals surface area (Å²) in [4.78, 5) is 0. The molecule has 0 aromatic heterocycles. The van der Waals surface area contributed by atoms with Crippen molar-refractivity contribution in [2.75, 3.05) is 0 Å². The van der Waals surface area contributed by atoms with Crippen LogP contribution >= 0.6 is 0 Å². The third-order valence-electron chi connectivity index (χ3n) is 6.21. The molecule has 0 heterocycles. The molecule has 0 saturated carbocycles. The fourth-order valence-electron chi connectivity index (χ4n) is 4.13. The van der Waals surface area contributed by atoms with E-state index in [0.717, 1.165) is 6.42 Å². The monoisotopic (exact) mass is 405 g/mol. The summed E-state index contributed by atoms with van der Waals surface area (Å²) in [6, 6.07) is 26.9. The number of hydrogen-bond donors (Lipinski definition) is 0. The fraction of sp³-hybridized carbons (Fsp3) is 0.290. The highest BCUT2D eigenvalue weighted by molar-refractivity contribution is 5.73. The summed E-state index contributed by atoms with van der Waals surface area (Å²) in [6.45, 7) is 13.6. The minimum atomic E-state index is 0.151. The van der Waals surface area contributed by atoms with Crippen molar-refractivity contribution in [1.29, 1.82) is 0 Å². The van der Waals surface area contributed by atoms with Crippen molar-refractivity contribution < 1.29 is 0 Å². The van der Waals surface area contributed by atoms with Gasteiger partial charge in [0.05, 0.1) is 11.6 Å². The maximum absolute atomic E-state index is 3.56. The molecule has 0 bridgehead atoms. The first kappa shape index (κ1) is 21.3. The third-order valence-corrected chi connectivity index (χ3v) is 6.21. The molecule has 156 valence electrons. The molecule has 0 heteroatoms. The topological polar surface area (TPSA) is 0 Å². The van der Waals surface area contributed by atoms with E-state index in [2.05, 4.69) is 126 Å². The van der Waals surface area contributed by atoms with E-state index >= 15 is 0 Å². The van der Waals surface area contributed by atoms with Crippen molar-refractivity contribution >= 4 is 0 Å². The molecule has 0 spiro atoms. The van der Waals surface area contributed by atoms with Gasteiger partial charge >= 0.3 is 0 Å². The van der Waals surface area contributed by atoms with Gasteiger partial charge < -0.3 is 0 Å². The molecular weight excluding hydrogens is 372 g/mol. The van der Waals surface area contributed by atoms with Gasteiger partial charge in [0.2, 0.25) is 0 Å². The highest BCUT2D eigenvalue weighted by Crippen LogP contribution is 2.32. The van der Waals surface area contributed by atoms with Crippen molar-refractivity contribution in [2.24, 2.45) is 0 Å². The van der Waals surface area contributed by atoms with Crippen LogP contribution in [0.25, 0.3) is 22.3 Å². The first-order valence-electron chi connectivity index (χ1n) is 11.3. The van der Waals surface area contributed by atoms with E-state index in [1.807, 2.05) is 0 Å². The molecule has 0 aromatic carbocycles. The van der Waals surface area contributed by atoms with E-state index in [-0.39, 0.29) is 10.8 Å². The van der Waals surface area contributed by atoms with Crippen LogP contribution in [0.1, 0.15) is 63.8 Å². The van der Waals surface area contributed by atoms with Crippen LogP contribution < -0.4 is 0 Å². The van der Waals surface area contributed by atoms with Gasteiger partial charge in [-0.25, -0.2) is 0 Å². The Morgan fingerprint density at radius 1 is 0.581 bits per heavy atom. The number of rotatable bonds is 3. The number of fused-ring (bicyclic) bond motifs is 2. The summed E-state index contributed by atoms with van der Waals surface area (Å²) in [6.07, 6.45) is 6.63. The van der Waals surface area contributed by atoms with Crippen molar-refractivity contribution in [3.05, 3.63) is 107 Å². The van der Waals surface area contributed by atoms with Crippen LogP contribution in [-0.4, -0.2) is 0 Å². The van der Waals surface area contributed by atoms with E-state index in [4.69, 9.17) is 0 Å². The molecule has 0 unspecified atom stereocenters. The molecule has 0 aromatic rings. The van der Waals surface area contributed by atoms with Crippen molar-refractivity contribution in [2.45, 2.75) is 58.8 Å². The van der Waals surface area contributed by atoms with Crippen LogP contribution in [0.5, 0.6) is 0 Å². The molecule has 0 amide bonds. The third kappa shape index (κ3) is 4.55. The quantitative estimate of drug-likeness (QED) is 0.300. The van der Waals surface area contributed by atoms with Gasteiger partial charge in [-0.1, -0.05) is 84.0 Å². The second-order valence-electron chi connectivity index (χ2n) is 10.6. The number of hydrogen-bond acceptors (Lipinski definition) is 0. The molecular formula is C31H33+. The van der Waals surface area contributed by atoms with Gasteiger partial charge in [0, 0.05) is 30.7 Å². The maximum Gasteiger partial charge on any atom is 0.196 e. The molecule has 4 aliphatic carbocycles. The van der Waals surface area contributed by atoms with Gasteiger partial charge in [-0.2, -0.15) is 0 Å². The number of allylic oxidation sites excluding steroid dienone is 1.